The Bertz CT molecular complexity index is 1110. The van der Waals surface area contributed by atoms with Gasteiger partial charge in [0, 0.05) is 29.5 Å². The molecule has 0 saturated heterocycles. The van der Waals surface area contributed by atoms with Crippen molar-refractivity contribution in [3.63, 3.8) is 0 Å². The second kappa shape index (κ2) is 8.57. The smallest absolute Gasteiger partial charge is 0.261 e. The molecule has 0 spiro atoms. The first kappa shape index (κ1) is 20.1. The van der Waals surface area contributed by atoms with E-state index in [-0.39, 0.29) is 16.7 Å². The fourth-order valence-corrected chi connectivity index (χ4v) is 3.61. The predicted octanol–water partition coefficient (Wildman–Crippen LogP) is 3.70. The number of amides is 2. The van der Waals surface area contributed by atoms with Gasteiger partial charge in [-0.2, -0.15) is 0 Å². The molecule has 3 aromatic rings. The molecule has 0 unspecified atom stereocenters. The van der Waals surface area contributed by atoms with Gasteiger partial charge in [0.25, 0.3) is 15.9 Å². The largest absolute Gasteiger partial charge is 0.326 e. The van der Waals surface area contributed by atoms with E-state index >= 15 is 0 Å². The van der Waals surface area contributed by atoms with Gasteiger partial charge in [-0.15, -0.1) is 0 Å². The van der Waals surface area contributed by atoms with Crippen molar-refractivity contribution >= 4 is 38.9 Å². The Morgan fingerprint density at radius 3 is 1.79 bits per heavy atom. The van der Waals surface area contributed by atoms with Gasteiger partial charge in [-0.25, -0.2) is 8.42 Å². The van der Waals surface area contributed by atoms with E-state index in [4.69, 9.17) is 0 Å². The Balaban J connectivity index is 1.67. The third-order valence-corrected chi connectivity index (χ3v) is 5.31. The first-order chi connectivity index (χ1) is 13.8. The highest BCUT2D eigenvalue weighted by Crippen LogP contribution is 2.18. The second-order valence-corrected chi connectivity index (χ2v) is 7.89. The summed E-state index contributed by atoms with van der Waals surface area (Å²) in [6.45, 7) is 1.41. The number of benzene rings is 3. The third kappa shape index (κ3) is 5.43. The normalized spacial score (nSPS) is 10.8. The fraction of sp³-hybridized carbons (Fsp3) is 0.0476. The van der Waals surface area contributed by atoms with Crippen molar-refractivity contribution in [2.75, 3.05) is 15.4 Å². The van der Waals surface area contributed by atoms with E-state index in [2.05, 4.69) is 15.4 Å². The summed E-state index contributed by atoms with van der Waals surface area (Å²) < 4.78 is 27.4. The number of sulfonamides is 1. The van der Waals surface area contributed by atoms with Gasteiger partial charge < -0.3 is 10.6 Å². The van der Waals surface area contributed by atoms with Crippen LogP contribution in [0.2, 0.25) is 0 Å². The van der Waals surface area contributed by atoms with Crippen molar-refractivity contribution in [2.45, 2.75) is 11.8 Å². The molecule has 0 saturated carbocycles. The van der Waals surface area contributed by atoms with E-state index in [1.54, 1.807) is 54.6 Å². The molecule has 0 aliphatic carbocycles. The van der Waals surface area contributed by atoms with Crippen LogP contribution in [0, 0.1) is 0 Å². The highest BCUT2D eigenvalue weighted by atomic mass is 32.2. The lowest BCUT2D eigenvalue weighted by molar-refractivity contribution is -0.114. The van der Waals surface area contributed by atoms with Gasteiger partial charge in [-0.1, -0.05) is 18.2 Å². The number of carbonyl (C=O) groups excluding carboxylic acids is 2. The molecule has 3 N–H and O–H groups in total. The van der Waals surface area contributed by atoms with Gasteiger partial charge in [0.05, 0.1) is 4.90 Å². The molecule has 0 radical (unpaired) electrons. The number of rotatable bonds is 6. The average molecular weight is 409 g/mol. The summed E-state index contributed by atoms with van der Waals surface area (Å²) in [5.41, 5.74) is 1.94. The summed E-state index contributed by atoms with van der Waals surface area (Å²) in [7, 11) is -3.75. The third-order valence-electron chi connectivity index (χ3n) is 3.92. The molecule has 0 aromatic heterocycles. The SMILES string of the molecule is CC(=O)Nc1ccc(NC(=O)c2ccc(S(=O)(=O)Nc3ccccc3)cc2)cc1. The molecule has 0 atom stereocenters. The zero-order valence-corrected chi connectivity index (χ0v) is 16.4. The Labute approximate surface area is 168 Å². The van der Waals surface area contributed by atoms with Crippen LogP contribution in [0.15, 0.2) is 83.8 Å². The summed E-state index contributed by atoms with van der Waals surface area (Å²) in [5, 5.41) is 5.36. The van der Waals surface area contributed by atoms with Gasteiger partial charge in [-0.05, 0) is 60.7 Å². The van der Waals surface area contributed by atoms with E-state index < -0.39 is 10.0 Å². The van der Waals surface area contributed by atoms with Crippen molar-refractivity contribution in [3.8, 4) is 0 Å². The van der Waals surface area contributed by atoms with Crippen molar-refractivity contribution < 1.29 is 18.0 Å². The van der Waals surface area contributed by atoms with Crippen molar-refractivity contribution in [2.24, 2.45) is 0 Å². The van der Waals surface area contributed by atoms with Gasteiger partial charge in [-0.3, -0.25) is 14.3 Å². The van der Waals surface area contributed by atoms with Crippen LogP contribution in [0.25, 0.3) is 0 Å². The Morgan fingerprint density at radius 1 is 0.690 bits per heavy atom. The maximum absolute atomic E-state index is 12.4. The van der Waals surface area contributed by atoms with E-state index in [0.29, 0.717) is 22.6 Å². The van der Waals surface area contributed by atoms with E-state index in [9.17, 15) is 18.0 Å². The number of anilines is 3. The van der Waals surface area contributed by atoms with Gasteiger partial charge >= 0.3 is 0 Å². The number of hydrogen-bond donors (Lipinski definition) is 3. The number of carbonyl (C=O) groups is 2. The predicted molar refractivity (Wildman–Crippen MR) is 112 cm³/mol. The fourth-order valence-electron chi connectivity index (χ4n) is 2.55. The molecule has 0 fully saturated rings. The lowest BCUT2D eigenvalue weighted by atomic mass is 10.2. The standard InChI is InChI=1S/C21H19N3O4S/c1-15(25)22-17-9-11-18(12-10-17)23-21(26)16-7-13-20(14-8-16)29(27,28)24-19-5-3-2-4-6-19/h2-14,24H,1H3,(H,22,25)(H,23,26). The van der Waals surface area contributed by atoms with Gasteiger partial charge in [0.1, 0.15) is 0 Å². The summed E-state index contributed by atoms with van der Waals surface area (Å²) in [5.74, 6) is -0.559. The quantitative estimate of drug-likeness (QED) is 0.577. The molecule has 3 rings (SSSR count). The number of para-hydroxylation sites is 1. The Hall–Kier alpha value is -3.65. The molecule has 2 amide bonds. The van der Waals surface area contributed by atoms with E-state index in [1.807, 2.05) is 0 Å². The van der Waals surface area contributed by atoms with Gasteiger partial charge in [0.2, 0.25) is 5.91 Å². The molecule has 0 bridgehead atoms. The Morgan fingerprint density at radius 2 is 1.24 bits per heavy atom. The molecule has 148 valence electrons. The topological polar surface area (TPSA) is 104 Å². The second-order valence-electron chi connectivity index (χ2n) is 6.21. The van der Waals surface area contributed by atoms with Crippen LogP contribution in [-0.4, -0.2) is 20.2 Å². The molecule has 7 nitrogen and oxygen atoms in total. The molecule has 0 heterocycles. The minimum absolute atomic E-state index is 0.0533. The van der Waals surface area contributed by atoms with Gasteiger partial charge in [0.15, 0.2) is 0 Å². The van der Waals surface area contributed by atoms with Crippen LogP contribution in [0.4, 0.5) is 17.1 Å². The summed E-state index contributed by atoms with van der Waals surface area (Å²) in [6, 6.07) is 20.8. The van der Waals surface area contributed by atoms with Crippen molar-refractivity contribution in [1.82, 2.24) is 0 Å². The minimum Gasteiger partial charge on any atom is -0.326 e. The molecule has 3 aromatic carbocycles. The van der Waals surface area contributed by atoms with Crippen LogP contribution in [0.1, 0.15) is 17.3 Å². The van der Waals surface area contributed by atoms with Crippen LogP contribution < -0.4 is 15.4 Å². The first-order valence-corrected chi connectivity index (χ1v) is 10.2. The molecule has 0 aliphatic rings. The van der Waals surface area contributed by atoms with E-state index in [1.165, 1.54) is 31.2 Å². The minimum atomic E-state index is -3.75. The number of hydrogen-bond acceptors (Lipinski definition) is 4. The van der Waals surface area contributed by atoms with E-state index in [0.717, 1.165) is 0 Å². The van der Waals surface area contributed by atoms with Crippen LogP contribution in [0.5, 0.6) is 0 Å². The maximum atomic E-state index is 12.4. The van der Waals surface area contributed by atoms with Crippen LogP contribution in [-0.2, 0) is 14.8 Å². The zero-order chi connectivity index (χ0) is 20.9. The first-order valence-electron chi connectivity index (χ1n) is 8.70. The summed E-state index contributed by atoms with van der Waals surface area (Å²) in [4.78, 5) is 23.5. The molecule has 8 heteroatoms. The number of nitrogens with one attached hydrogen (secondary N) is 3. The van der Waals surface area contributed by atoms with Crippen molar-refractivity contribution in [1.29, 1.82) is 0 Å². The van der Waals surface area contributed by atoms with Crippen LogP contribution in [0.3, 0.4) is 0 Å². The highest BCUT2D eigenvalue weighted by molar-refractivity contribution is 7.92. The summed E-state index contributed by atoms with van der Waals surface area (Å²) in [6.07, 6.45) is 0. The lowest BCUT2D eigenvalue weighted by Gasteiger charge is -2.09. The van der Waals surface area contributed by atoms with Crippen LogP contribution >= 0.6 is 0 Å². The average Bonchev–Trinajstić information content (AvgIpc) is 2.69. The lowest BCUT2D eigenvalue weighted by Crippen LogP contribution is -2.15. The molecule has 0 aliphatic heterocycles. The summed E-state index contributed by atoms with van der Waals surface area (Å²) >= 11 is 0. The van der Waals surface area contributed by atoms with Crippen molar-refractivity contribution in [3.05, 3.63) is 84.4 Å². The monoisotopic (exact) mass is 409 g/mol. The molecule has 29 heavy (non-hydrogen) atoms. The molecular formula is C21H19N3O4S. The Kier molecular flexibility index (Phi) is 5.94. The highest BCUT2D eigenvalue weighted by Gasteiger charge is 2.15. The maximum Gasteiger partial charge on any atom is 0.261 e. The molecular weight excluding hydrogens is 390 g/mol. The zero-order valence-electron chi connectivity index (χ0n) is 15.5.